The van der Waals surface area contributed by atoms with Gasteiger partial charge in [-0.05, 0) is 24.3 Å². The Hall–Kier alpha value is -1.62. The minimum Gasteiger partial charge on any atom is -0.352 e. The molecule has 0 heterocycles. The molecule has 1 aromatic carbocycles. The summed E-state index contributed by atoms with van der Waals surface area (Å²) in [5.41, 5.74) is 0.166. The van der Waals surface area contributed by atoms with Gasteiger partial charge in [0.25, 0.3) is 11.6 Å². The van der Waals surface area contributed by atoms with Crippen LogP contribution in [0.5, 0.6) is 0 Å². The molecule has 0 spiro atoms. The van der Waals surface area contributed by atoms with Crippen LogP contribution in [0.15, 0.2) is 18.2 Å². The van der Waals surface area contributed by atoms with Gasteiger partial charge in [-0.1, -0.05) is 31.4 Å². The van der Waals surface area contributed by atoms with E-state index in [4.69, 9.17) is 11.6 Å². The highest BCUT2D eigenvalue weighted by Crippen LogP contribution is 2.30. The largest absolute Gasteiger partial charge is 0.352 e. The Morgan fingerprint density at radius 1 is 1.50 bits per heavy atom. The van der Waals surface area contributed by atoms with Crippen molar-refractivity contribution in [3.8, 4) is 0 Å². The lowest BCUT2D eigenvalue weighted by Crippen LogP contribution is -2.30. The monoisotopic (exact) mass is 296 g/mol. The van der Waals surface area contributed by atoms with Crippen molar-refractivity contribution in [2.45, 2.75) is 26.2 Å². The van der Waals surface area contributed by atoms with E-state index in [2.05, 4.69) is 12.2 Å². The third kappa shape index (κ3) is 3.28. The first kappa shape index (κ1) is 14.8. The number of non-ortho nitro benzene ring substituents is 1. The van der Waals surface area contributed by atoms with Gasteiger partial charge in [0.2, 0.25) is 0 Å². The van der Waals surface area contributed by atoms with Crippen LogP contribution in [0.2, 0.25) is 5.02 Å². The van der Waals surface area contributed by atoms with E-state index in [0.717, 1.165) is 6.42 Å². The summed E-state index contributed by atoms with van der Waals surface area (Å²) in [6.45, 7) is 2.83. The van der Waals surface area contributed by atoms with Gasteiger partial charge in [-0.2, -0.15) is 0 Å². The highest BCUT2D eigenvalue weighted by atomic mass is 35.5. The molecule has 1 saturated carbocycles. The molecule has 0 saturated heterocycles. The molecule has 1 aliphatic carbocycles. The predicted molar refractivity (Wildman–Crippen MR) is 76.9 cm³/mol. The van der Waals surface area contributed by atoms with Gasteiger partial charge < -0.3 is 5.32 Å². The average Bonchev–Trinajstić information content (AvgIpc) is 2.81. The number of rotatable bonds is 4. The van der Waals surface area contributed by atoms with Crippen molar-refractivity contribution in [2.75, 3.05) is 6.54 Å². The molecule has 2 unspecified atom stereocenters. The van der Waals surface area contributed by atoms with Crippen molar-refractivity contribution < 1.29 is 9.72 Å². The zero-order valence-corrected chi connectivity index (χ0v) is 12.0. The smallest absolute Gasteiger partial charge is 0.270 e. The SMILES string of the molecule is CC1CCCC1CNC(=O)c1ccc([N+](=O)[O-])cc1Cl. The average molecular weight is 297 g/mol. The van der Waals surface area contributed by atoms with Crippen molar-refractivity contribution in [3.63, 3.8) is 0 Å². The van der Waals surface area contributed by atoms with Crippen LogP contribution in [0.1, 0.15) is 36.5 Å². The highest BCUT2D eigenvalue weighted by molar-refractivity contribution is 6.34. The van der Waals surface area contributed by atoms with Crippen LogP contribution in [0.4, 0.5) is 5.69 Å². The molecule has 1 N–H and O–H groups in total. The van der Waals surface area contributed by atoms with Crippen molar-refractivity contribution >= 4 is 23.2 Å². The van der Waals surface area contributed by atoms with Crippen molar-refractivity contribution in [1.82, 2.24) is 5.32 Å². The summed E-state index contributed by atoms with van der Waals surface area (Å²) in [4.78, 5) is 22.1. The van der Waals surface area contributed by atoms with E-state index in [1.54, 1.807) is 0 Å². The van der Waals surface area contributed by atoms with Crippen LogP contribution >= 0.6 is 11.6 Å². The zero-order chi connectivity index (χ0) is 14.7. The molecule has 1 aliphatic rings. The summed E-state index contributed by atoms with van der Waals surface area (Å²) in [6.07, 6.45) is 3.55. The fourth-order valence-electron chi connectivity index (χ4n) is 2.65. The molecule has 20 heavy (non-hydrogen) atoms. The highest BCUT2D eigenvalue weighted by Gasteiger charge is 2.24. The lowest BCUT2D eigenvalue weighted by atomic mass is 9.98. The lowest BCUT2D eigenvalue weighted by molar-refractivity contribution is -0.384. The van der Waals surface area contributed by atoms with Crippen LogP contribution in [-0.2, 0) is 0 Å². The number of carbonyl (C=O) groups is 1. The normalized spacial score (nSPS) is 21.7. The van der Waals surface area contributed by atoms with Gasteiger partial charge in [-0.15, -0.1) is 0 Å². The summed E-state index contributed by atoms with van der Waals surface area (Å²) < 4.78 is 0. The fourth-order valence-corrected chi connectivity index (χ4v) is 2.91. The number of benzene rings is 1. The molecule has 2 rings (SSSR count). The number of nitro benzene ring substituents is 1. The Labute approximate surface area is 122 Å². The molecule has 0 aliphatic heterocycles. The Morgan fingerprint density at radius 3 is 2.80 bits per heavy atom. The van der Waals surface area contributed by atoms with Crippen LogP contribution < -0.4 is 5.32 Å². The van der Waals surface area contributed by atoms with E-state index in [0.29, 0.717) is 18.4 Å². The van der Waals surface area contributed by atoms with Crippen LogP contribution in [0.3, 0.4) is 0 Å². The molecule has 6 heteroatoms. The number of carbonyl (C=O) groups excluding carboxylic acids is 1. The van der Waals surface area contributed by atoms with Gasteiger partial charge in [0.1, 0.15) is 0 Å². The van der Waals surface area contributed by atoms with Gasteiger partial charge >= 0.3 is 0 Å². The standard InChI is InChI=1S/C14H17ClN2O3/c1-9-3-2-4-10(9)8-16-14(18)12-6-5-11(17(19)20)7-13(12)15/h5-7,9-10H,2-4,8H2,1H3,(H,16,18). The minimum absolute atomic E-state index is 0.108. The van der Waals surface area contributed by atoms with Gasteiger partial charge in [0.05, 0.1) is 15.5 Å². The number of nitro groups is 1. The van der Waals surface area contributed by atoms with Crippen LogP contribution in [-0.4, -0.2) is 17.4 Å². The maximum Gasteiger partial charge on any atom is 0.270 e. The molecule has 1 fully saturated rings. The Morgan fingerprint density at radius 2 is 2.25 bits per heavy atom. The van der Waals surface area contributed by atoms with E-state index < -0.39 is 4.92 Å². The number of hydrogen-bond donors (Lipinski definition) is 1. The lowest BCUT2D eigenvalue weighted by Gasteiger charge is -2.16. The van der Waals surface area contributed by atoms with E-state index >= 15 is 0 Å². The first-order valence-electron chi connectivity index (χ1n) is 6.71. The Bertz CT molecular complexity index is 533. The third-order valence-electron chi connectivity index (χ3n) is 3.97. The van der Waals surface area contributed by atoms with E-state index in [1.807, 2.05) is 0 Å². The number of nitrogens with one attached hydrogen (secondary N) is 1. The molecule has 0 bridgehead atoms. The molecular formula is C14H17ClN2O3. The maximum atomic E-state index is 12.0. The molecule has 0 aromatic heterocycles. The minimum atomic E-state index is -0.534. The summed E-state index contributed by atoms with van der Waals surface area (Å²) in [7, 11) is 0. The van der Waals surface area contributed by atoms with Crippen molar-refractivity contribution in [2.24, 2.45) is 11.8 Å². The first-order chi connectivity index (χ1) is 9.49. The van der Waals surface area contributed by atoms with E-state index in [-0.39, 0.29) is 22.2 Å². The topological polar surface area (TPSA) is 72.2 Å². The predicted octanol–water partition coefficient (Wildman–Crippen LogP) is 3.41. The molecule has 108 valence electrons. The summed E-state index contributed by atoms with van der Waals surface area (Å²) in [6, 6.07) is 3.89. The number of hydrogen-bond acceptors (Lipinski definition) is 3. The van der Waals surface area contributed by atoms with E-state index in [1.165, 1.54) is 31.0 Å². The number of halogens is 1. The molecule has 1 aromatic rings. The van der Waals surface area contributed by atoms with Gasteiger partial charge in [0, 0.05) is 18.7 Å². The number of amides is 1. The quantitative estimate of drug-likeness (QED) is 0.683. The van der Waals surface area contributed by atoms with E-state index in [9.17, 15) is 14.9 Å². The molecular weight excluding hydrogens is 280 g/mol. The molecule has 1 amide bonds. The fraction of sp³-hybridized carbons (Fsp3) is 0.500. The third-order valence-corrected chi connectivity index (χ3v) is 4.28. The molecule has 5 nitrogen and oxygen atoms in total. The second kappa shape index (κ2) is 6.22. The summed E-state index contributed by atoms with van der Waals surface area (Å²) in [5.74, 6) is 0.863. The van der Waals surface area contributed by atoms with Crippen LogP contribution in [0.25, 0.3) is 0 Å². The maximum absolute atomic E-state index is 12.0. The van der Waals surface area contributed by atoms with Gasteiger partial charge in [-0.25, -0.2) is 0 Å². The van der Waals surface area contributed by atoms with Crippen LogP contribution in [0, 0.1) is 22.0 Å². The zero-order valence-electron chi connectivity index (χ0n) is 11.3. The first-order valence-corrected chi connectivity index (χ1v) is 7.09. The Balaban J connectivity index is 2.00. The van der Waals surface area contributed by atoms with Gasteiger partial charge in [-0.3, -0.25) is 14.9 Å². The van der Waals surface area contributed by atoms with Crippen molar-refractivity contribution in [3.05, 3.63) is 38.9 Å². The second-order valence-corrected chi connectivity index (χ2v) is 5.71. The second-order valence-electron chi connectivity index (χ2n) is 5.30. The molecule has 0 radical (unpaired) electrons. The number of nitrogens with zero attached hydrogens (tertiary/aromatic N) is 1. The summed E-state index contributed by atoms with van der Waals surface area (Å²) in [5, 5.41) is 13.6. The summed E-state index contributed by atoms with van der Waals surface area (Å²) >= 11 is 5.93. The van der Waals surface area contributed by atoms with Crippen molar-refractivity contribution in [1.29, 1.82) is 0 Å². The Kier molecular flexibility index (Phi) is 4.60. The molecule has 2 atom stereocenters. The van der Waals surface area contributed by atoms with Gasteiger partial charge in [0.15, 0.2) is 0 Å².